The minimum atomic E-state index is -0.240. The highest BCUT2D eigenvalue weighted by Gasteiger charge is 2.26. The molecule has 0 bridgehead atoms. The van der Waals surface area contributed by atoms with Gasteiger partial charge in [0.05, 0.1) is 12.6 Å². The smallest absolute Gasteiger partial charge is 0.209 e. The van der Waals surface area contributed by atoms with Gasteiger partial charge in [-0.15, -0.1) is 5.10 Å². The molecular weight excluding hydrogens is 272 g/mol. The first-order chi connectivity index (χ1) is 9.83. The van der Waals surface area contributed by atoms with Crippen molar-refractivity contribution in [3.05, 3.63) is 35.9 Å². The summed E-state index contributed by atoms with van der Waals surface area (Å²) < 4.78 is 1.81. The molecular formula is C14H18N4OS. The van der Waals surface area contributed by atoms with E-state index >= 15 is 0 Å². The number of benzene rings is 1. The van der Waals surface area contributed by atoms with E-state index in [4.69, 9.17) is 0 Å². The van der Waals surface area contributed by atoms with Crippen molar-refractivity contribution in [2.75, 3.05) is 0 Å². The van der Waals surface area contributed by atoms with Crippen molar-refractivity contribution in [1.29, 1.82) is 0 Å². The second-order valence-electron chi connectivity index (χ2n) is 5.11. The Balaban J connectivity index is 1.70. The molecule has 3 rings (SSSR count). The highest BCUT2D eigenvalue weighted by molar-refractivity contribution is 7.99. The van der Waals surface area contributed by atoms with Crippen LogP contribution in [0.2, 0.25) is 0 Å². The van der Waals surface area contributed by atoms with Crippen LogP contribution in [-0.2, 0) is 6.54 Å². The van der Waals surface area contributed by atoms with Gasteiger partial charge in [0.25, 0.3) is 0 Å². The van der Waals surface area contributed by atoms with E-state index in [1.165, 1.54) is 12.0 Å². The number of hydrogen-bond donors (Lipinski definition) is 1. The number of aliphatic hydroxyl groups is 1. The SMILES string of the molecule is OC1CCCCC1Sc1nnnn1Cc1ccccc1. The van der Waals surface area contributed by atoms with E-state index < -0.39 is 0 Å². The quantitative estimate of drug-likeness (QED) is 0.934. The Morgan fingerprint density at radius 1 is 1.20 bits per heavy atom. The Morgan fingerprint density at radius 2 is 2.00 bits per heavy atom. The summed E-state index contributed by atoms with van der Waals surface area (Å²) in [6.45, 7) is 0.666. The fourth-order valence-electron chi connectivity index (χ4n) is 2.49. The van der Waals surface area contributed by atoms with Crippen LogP contribution in [0.5, 0.6) is 0 Å². The molecule has 1 heterocycles. The highest BCUT2D eigenvalue weighted by atomic mass is 32.2. The first kappa shape index (κ1) is 13.6. The fourth-order valence-corrected chi connectivity index (χ4v) is 3.64. The van der Waals surface area contributed by atoms with Gasteiger partial charge in [-0.1, -0.05) is 54.9 Å². The fraction of sp³-hybridized carbons (Fsp3) is 0.500. The number of aliphatic hydroxyl groups excluding tert-OH is 1. The zero-order valence-corrected chi connectivity index (χ0v) is 12.0. The van der Waals surface area contributed by atoms with Crippen LogP contribution in [0.4, 0.5) is 0 Å². The van der Waals surface area contributed by atoms with Crippen molar-refractivity contribution in [2.45, 2.75) is 48.7 Å². The van der Waals surface area contributed by atoms with Crippen molar-refractivity contribution in [3.8, 4) is 0 Å². The Hall–Kier alpha value is -1.40. The van der Waals surface area contributed by atoms with E-state index in [2.05, 4.69) is 27.7 Å². The number of nitrogens with zero attached hydrogens (tertiary/aromatic N) is 4. The molecule has 0 saturated heterocycles. The first-order valence-electron chi connectivity index (χ1n) is 6.98. The van der Waals surface area contributed by atoms with Crippen LogP contribution >= 0.6 is 11.8 Å². The molecule has 1 aliphatic rings. The van der Waals surface area contributed by atoms with E-state index in [0.29, 0.717) is 6.54 Å². The van der Waals surface area contributed by atoms with Crippen molar-refractivity contribution >= 4 is 11.8 Å². The summed E-state index contributed by atoms with van der Waals surface area (Å²) in [5.41, 5.74) is 1.17. The molecule has 1 aromatic carbocycles. The molecule has 0 spiro atoms. The standard InChI is InChI=1S/C14H18N4OS/c19-12-8-4-5-9-13(12)20-14-15-16-17-18(14)10-11-6-2-1-3-7-11/h1-3,6-7,12-13,19H,4-5,8-10H2. The molecule has 2 aromatic rings. The summed E-state index contributed by atoms with van der Waals surface area (Å²) >= 11 is 1.60. The van der Waals surface area contributed by atoms with Gasteiger partial charge in [0.15, 0.2) is 0 Å². The maximum atomic E-state index is 10.0. The summed E-state index contributed by atoms with van der Waals surface area (Å²) in [4.78, 5) is 0. The molecule has 6 heteroatoms. The third-order valence-corrected chi connectivity index (χ3v) is 4.95. The zero-order chi connectivity index (χ0) is 13.8. The number of aromatic nitrogens is 4. The lowest BCUT2D eigenvalue weighted by Crippen LogP contribution is -2.27. The van der Waals surface area contributed by atoms with Gasteiger partial charge < -0.3 is 5.11 Å². The van der Waals surface area contributed by atoms with Crippen molar-refractivity contribution in [1.82, 2.24) is 20.2 Å². The van der Waals surface area contributed by atoms with Gasteiger partial charge in [0, 0.05) is 5.25 Å². The van der Waals surface area contributed by atoms with E-state index in [-0.39, 0.29) is 11.4 Å². The average Bonchev–Trinajstić information content (AvgIpc) is 2.90. The molecule has 106 valence electrons. The highest BCUT2D eigenvalue weighted by Crippen LogP contribution is 2.32. The zero-order valence-electron chi connectivity index (χ0n) is 11.2. The summed E-state index contributed by atoms with van der Waals surface area (Å²) in [6, 6.07) is 10.1. The van der Waals surface area contributed by atoms with Gasteiger partial charge in [-0.3, -0.25) is 0 Å². The molecule has 2 atom stereocenters. The third-order valence-electron chi connectivity index (χ3n) is 3.60. The lowest BCUT2D eigenvalue weighted by Gasteiger charge is -2.26. The summed E-state index contributed by atoms with van der Waals surface area (Å²) in [7, 11) is 0. The van der Waals surface area contributed by atoms with Gasteiger partial charge >= 0.3 is 0 Å². The molecule has 0 amide bonds. The van der Waals surface area contributed by atoms with E-state index in [1.807, 2.05) is 18.2 Å². The van der Waals surface area contributed by atoms with Crippen molar-refractivity contribution in [3.63, 3.8) is 0 Å². The molecule has 1 fully saturated rings. The van der Waals surface area contributed by atoms with Crippen molar-refractivity contribution < 1.29 is 5.11 Å². The molecule has 1 aliphatic carbocycles. The Kier molecular flexibility index (Phi) is 4.32. The van der Waals surface area contributed by atoms with Gasteiger partial charge in [-0.05, 0) is 28.8 Å². The van der Waals surface area contributed by atoms with Crippen LogP contribution in [0.15, 0.2) is 35.5 Å². The Bertz CT molecular complexity index is 545. The number of hydrogen-bond acceptors (Lipinski definition) is 5. The number of rotatable bonds is 4. The third kappa shape index (κ3) is 3.19. The van der Waals surface area contributed by atoms with Gasteiger partial charge in [-0.2, -0.15) is 0 Å². The van der Waals surface area contributed by atoms with E-state index in [9.17, 15) is 5.11 Å². The van der Waals surface area contributed by atoms with Crippen LogP contribution < -0.4 is 0 Å². The predicted molar refractivity (Wildman–Crippen MR) is 77.5 cm³/mol. The average molecular weight is 290 g/mol. The predicted octanol–water partition coefficient (Wildman–Crippen LogP) is 2.12. The van der Waals surface area contributed by atoms with Gasteiger partial charge in [0.1, 0.15) is 0 Å². The van der Waals surface area contributed by atoms with Crippen LogP contribution in [0, 0.1) is 0 Å². The summed E-state index contributed by atoms with van der Waals surface area (Å²) in [5, 5.41) is 23.0. The second kappa shape index (κ2) is 6.37. The first-order valence-corrected chi connectivity index (χ1v) is 7.86. The second-order valence-corrected chi connectivity index (χ2v) is 6.32. The molecule has 0 aliphatic heterocycles. The topological polar surface area (TPSA) is 63.8 Å². The van der Waals surface area contributed by atoms with E-state index in [1.54, 1.807) is 16.4 Å². The Labute approximate surface area is 122 Å². The maximum absolute atomic E-state index is 10.0. The number of tetrazole rings is 1. The number of thioether (sulfide) groups is 1. The Morgan fingerprint density at radius 3 is 2.80 bits per heavy atom. The summed E-state index contributed by atoms with van der Waals surface area (Å²) in [5.74, 6) is 0. The minimum absolute atomic E-state index is 0.212. The molecule has 2 unspecified atom stereocenters. The molecule has 1 N–H and O–H groups in total. The molecule has 0 radical (unpaired) electrons. The van der Waals surface area contributed by atoms with Crippen LogP contribution in [0.3, 0.4) is 0 Å². The monoisotopic (exact) mass is 290 g/mol. The van der Waals surface area contributed by atoms with Crippen molar-refractivity contribution in [2.24, 2.45) is 0 Å². The molecule has 1 aromatic heterocycles. The lowest BCUT2D eigenvalue weighted by atomic mass is 9.97. The minimum Gasteiger partial charge on any atom is -0.392 e. The van der Waals surface area contributed by atoms with Gasteiger partial charge in [-0.25, -0.2) is 4.68 Å². The maximum Gasteiger partial charge on any atom is 0.209 e. The van der Waals surface area contributed by atoms with E-state index in [0.717, 1.165) is 24.4 Å². The lowest BCUT2D eigenvalue weighted by molar-refractivity contribution is 0.136. The van der Waals surface area contributed by atoms with Gasteiger partial charge in [0.2, 0.25) is 5.16 Å². The normalized spacial score (nSPS) is 22.9. The molecule has 20 heavy (non-hydrogen) atoms. The molecule has 1 saturated carbocycles. The van der Waals surface area contributed by atoms with Crippen LogP contribution in [0.1, 0.15) is 31.2 Å². The van der Waals surface area contributed by atoms with Crippen LogP contribution in [0.25, 0.3) is 0 Å². The summed E-state index contributed by atoms with van der Waals surface area (Å²) in [6.07, 6.45) is 3.97. The largest absolute Gasteiger partial charge is 0.392 e. The van der Waals surface area contributed by atoms with Crippen LogP contribution in [-0.4, -0.2) is 36.7 Å². The molecule has 5 nitrogen and oxygen atoms in total.